The molecule has 1 aromatic heterocycles. The summed E-state index contributed by atoms with van der Waals surface area (Å²) in [6.45, 7) is 4.25. The number of aryl methyl sites for hydroxylation is 1. The smallest absolute Gasteiger partial charge is 0.308 e. The number of carbonyl (C=O) groups excluding carboxylic acids is 2. The zero-order valence-corrected chi connectivity index (χ0v) is 11.3. The van der Waals surface area contributed by atoms with Crippen LogP contribution in [-0.2, 0) is 9.59 Å². The van der Waals surface area contributed by atoms with Gasteiger partial charge < -0.3 is 14.5 Å². The molecule has 2 rings (SSSR count). The summed E-state index contributed by atoms with van der Waals surface area (Å²) in [7, 11) is 0. The number of pyridine rings is 1. The molecule has 0 atom stereocenters. The molecule has 2 aromatic rings. The predicted molar refractivity (Wildman–Crippen MR) is 71.9 cm³/mol. The Labute approximate surface area is 114 Å². The molecular formula is C14H13NO5. The number of esters is 2. The molecular weight excluding hydrogens is 262 g/mol. The van der Waals surface area contributed by atoms with E-state index in [1.165, 1.54) is 26.0 Å². The third-order valence-corrected chi connectivity index (χ3v) is 2.62. The Morgan fingerprint density at radius 3 is 2.10 bits per heavy atom. The first-order valence-electron chi connectivity index (χ1n) is 5.91. The third kappa shape index (κ3) is 2.85. The van der Waals surface area contributed by atoms with Gasteiger partial charge in [0.05, 0.1) is 5.52 Å². The van der Waals surface area contributed by atoms with Crippen LogP contribution >= 0.6 is 0 Å². The zero-order valence-electron chi connectivity index (χ0n) is 11.3. The van der Waals surface area contributed by atoms with E-state index < -0.39 is 11.9 Å². The molecule has 0 amide bonds. The van der Waals surface area contributed by atoms with Gasteiger partial charge in [-0.2, -0.15) is 0 Å². The van der Waals surface area contributed by atoms with Gasteiger partial charge in [0.1, 0.15) is 0 Å². The van der Waals surface area contributed by atoms with Crippen molar-refractivity contribution < 1.29 is 19.1 Å². The number of aromatic nitrogens is 1. The summed E-state index contributed by atoms with van der Waals surface area (Å²) in [4.78, 5) is 36.3. The van der Waals surface area contributed by atoms with Crippen molar-refractivity contribution in [1.29, 1.82) is 0 Å². The van der Waals surface area contributed by atoms with E-state index in [1.54, 1.807) is 13.0 Å². The number of hydrogen-bond acceptors (Lipinski definition) is 5. The van der Waals surface area contributed by atoms with Crippen LogP contribution in [0.2, 0.25) is 0 Å². The lowest BCUT2D eigenvalue weighted by atomic mass is 10.1. The van der Waals surface area contributed by atoms with Gasteiger partial charge in [0.25, 0.3) is 0 Å². The summed E-state index contributed by atoms with van der Waals surface area (Å²) >= 11 is 0. The van der Waals surface area contributed by atoms with E-state index in [-0.39, 0.29) is 17.1 Å². The van der Waals surface area contributed by atoms with Crippen LogP contribution in [0.1, 0.15) is 19.4 Å². The highest BCUT2D eigenvalue weighted by Gasteiger charge is 2.13. The molecule has 0 radical (unpaired) electrons. The molecule has 0 saturated carbocycles. The molecule has 0 fully saturated rings. The van der Waals surface area contributed by atoms with Crippen LogP contribution < -0.4 is 15.0 Å². The Hall–Kier alpha value is -2.63. The Morgan fingerprint density at radius 2 is 1.55 bits per heavy atom. The van der Waals surface area contributed by atoms with Crippen LogP contribution in [0, 0.1) is 6.92 Å². The Kier molecular flexibility index (Phi) is 3.56. The third-order valence-electron chi connectivity index (χ3n) is 2.62. The molecule has 6 heteroatoms. The first kappa shape index (κ1) is 13.8. The molecule has 6 nitrogen and oxygen atoms in total. The van der Waals surface area contributed by atoms with Crippen LogP contribution in [0.3, 0.4) is 0 Å². The van der Waals surface area contributed by atoms with Crippen LogP contribution in [0.4, 0.5) is 0 Å². The van der Waals surface area contributed by atoms with E-state index in [9.17, 15) is 14.4 Å². The summed E-state index contributed by atoms with van der Waals surface area (Å²) in [5.74, 6) is -0.857. The van der Waals surface area contributed by atoms with Crippen molar-refractivity contribution in [3.8, 4) is 11.5 Å². The predicted octanol–water partition coefficient (Wildman–Crippen LogP) is 1.69. The highest BCUT2D eigenvalue weighted by molar-refractivity contribution is 5.87. The lowest BCUT2D eigenvalue weighted by molar-refractivity contribution is -0.134. The monoisotopic (exact) mass is 275 g/mol. The van der Waals surface area contributed by atoms with Crippen LogP contribution in [0.15, 0.2) is 23.0 Å². The van der Waals surface area contributed by atoms with Crippen molar-refractivity contribution in [2.45, 2.75) is 20.8 Å². The molecule has 0 unspecified atom stereocenters. The number of benzene rings is 1. The number of H-pyrrole nitrogens is 1. The summed E-state index contributed by atoms with van der Waals surface area (Å²) in [5, 5.41) is 0.705. The molecule has 1 heterocycles. The molecule has 1 aromatic carbocycles. The fourth-order valence-corrected chi connectivity index (χ4v) is 1.90. The second kappa shape index (κ2) is 5.16. The largest absolute Gasteiger partial charge is 0.423 e. The number of rotatable bonds is 2. The van der Waals surface area contributed by atoms with Gasteiger partial charge in [0, 0.05) is 31.4 Å². The minimum Gasteiger partial charge on any atom is -0.423 e. The highest BCUT2D eigenvalue weighted by atomic mass is 16.6. The Bertz CT molecular complexity index is 760. The van der Waals surface area contributed by atoms with Crippen molar-refractivity contribution in [3.05, 3.63) is 34.1 Å². The minimum absolute atomic E-state index is 0.0847. The molecule has 1 N–H and O–H groups in total. The summed E-state index contributed by atoms with van der Waals surface area (Å²) in [5.41, 5.74) is 0.970. The van der Waals surface area contributed by atoms with Crippen molar-refractivity contribution >= 4 is 22.8 Å². The van der Waals surface area contributed by atoms with Gasteiger partial charge in [-0.25, -0.2) is 0 Å². The van der Waals surface area contributed by atoms with Crippen LogP contribution in [-0.4, -0.2) is 16.9 Å². The van der Waals surface area contributed by atoms with E-state index in [1.807, 2.05) is 0 Å². The van der Waals surface area contributed by atoms with Gasteiger partial charge in [-0.15, -0.1) is 0 Å². The Balaban J connectivity index is 2.70. The van der Waals surface area contributed by atoms with E-state index in [0.29, 0.717) is 10.9 Å². The average molecular weight is 275 g/mol. The lowest BCUT2D eigenvalue weighted by Gasteiger charge is -2.11. The number of hydrogen-bond donors (Lipinski definition) is 1. The molecule has 20 heavy (non-hydrogen) atoms. The van der Waals surface area contributed by atoms with Crippen molar-refractivity contribution in [1.82, 2.24) is 4.98 Å². The van der Waals surface area contributed by atoms with Gasteiger partial charge in [0.15, 0.2) is 11.5 Å². The first-order chi connectivity index (χ1) is 9.36. The van der Waals surface area contributed by atoms with E-state index >= 15 is 0 Å². The number of ether oxygens (including phenoxy) is 2. The average Bonchev–Trinajstić information content (AvgIpc) is 2.29. The maximum atomic E-state index is 11.5. The fourth-order valence-electron chi connectivity index (χ4n) is 1.90. The maximum absolute atomic E-state index is 11.5. The number of fused-ring (bicyclic) bond motifs is 1. The first-order valence-corrected chi connectivity index (χ1v) is 5.91. The van der Waals surface area contributed by atoms with Crippen molar-refractivity contribution in [2.75, 3.05) is 0 Å². The number of aromatic amines is 1. The van der Waals surface area contributed by atoms with E-state index in [0.717, 1.165) is 5.56 Å². The molecule has 0 saturated heterocycles. The summed E-state index contributed by atoms with van der Waals surface area (Å²) < 4.78 is 10.0. The summed E-state index contributed by atoms with van der Waals surface area (Å²) in [6, 6.07) is 4.45. The molecule has 0 aliphatic heterocycles. The van der Waals surface area contributed by atoms with Gasteiger partial charge in [0.2, 0.25) is 5.56 Å². The molecule has 0 spiro atoms. The lowest BCUT2D eigenvalue weighted by Crippen LogP contribution is -2.09. The van der Waals surface area contributed by atoms with Gasteiger partial charge in [-0.05, 0) is 18.6 Å². The standard InChI is InChI=1S/C14H13NO5/c1-7-4-14(18)15-11-6-13(20-9(3)17)12(5-10(7)11)19-8(2)16/h4-6H,1-3H3,(H,15,18). The van der Waals surface area contributed by atoms with Crippen molar-refractivity contribution in [2.24, 2.45) is 0 Å². The number of nitrogens with one attached hydrogen (secondary N) is 1. The van der Waals surface area contributed by atoms with Crippen LogP contribution in [0.25, 0.3) is 10.9 Å². The second-order valence-corrected chi connectivity index (χ2v) is 4.35. The molecule has 104 valence electrons. The Morgan fingerprint density at radius 1 is 1.00 bits per heavy atom. The molecule has 0 aliphatic carbocycles. The maximum Gasteiger partial charge on any atom is 0.308 e. The molecule has 0 bridgehead atoms. The summed E-state index contributed by atoms with van der Waals surface area (Å²) in [6.07, 6.45) is 0. The topological polar surface area (TPSA) is 85.5 Å². The van der Waals surface area contributed by atoms with E-state index in [4.69, 9.17) is 9.47 Å². The van der Waals surface area contributed by atoms with Gasteiger partial charge >= 0.3 is 11.9 Å². The fraction of sp³-hybridized carbons (Fsp3) is 0.214. The molecule has 0 aliphatic rings. The highest BCUT2D eigenvalue weighted by Crippen LogP contribution is 2.32. The quantitative estimate of drug-likeness (QED) is 0.665. The zero-order chi connectivity index (χ0) is 14.9. The van der Waals surface area contributed by atoms with Gasteiger partial charge in [-0.3, -0.25) is 14.4 Å². The normalized spacial score (nSPS) is 10.3. The number of carbonyl (C=O) groups is 2. The van der Waals surface area contributed by atoms with E-state index in [2.05, 4.69) is 4.98 Å². The van der Waals surface area contributed by atoms with Crippen molar-refractivity contribution in [3.63, 3.8) is 0 Å². The van der Waals surface area contributed by atoms with Gasteiger partial charge in [-0.1, -0.05) is 0 Å². The van der Waals surface area contributed by atoms with Crippen LogP contribution in [0.5, 0.6) is 11.5 Å². The minimum atomic E-state index is -0.548. The second-order valence-electron chi connectivity index (χ2n) is 4.35. The SMILES string of the molecule is CC(=O)Oc1cc2[nH]c(=O)cc(C)c2cc1OC(C)=O.